The van der Waals surface area contributed by atoms with Gasteiger partial charge in [0.2, 0.25) is 0 Å². The van der Waals surface area contributed by atoms with Crippen LogP contribution in [0.25, 0.3) is 0 Å². The molecule has 2 nitrogen and oxygen atoms in total. The van der Waals surface area contributed by atoms with E-state index in [1.54, 1.807) is 0 Å². The monoisotopic (exact) mass is 319 g/mol. The lowest BCUT2D eigenvalue weighted by Crippen LogP contribution is -2.23. The minimum absolute atomic E-state index is 0.686. The van der Waals surface area contributed by atoms with Crippen LogP contribution in [0.2, 0.25) is 0 Å². The Labute approximate surface area is 122 Å². The van der Waals surface area contributed by atoms with E-state index in [4.69, 9.17) is 4.74 Å². The van der Waals surface area contributed by atoms with Crippen LogP contribution < -0.4 is 10.1 Å². The molecule has 0 radical (unpaired) electrons. The highest BCUT2D eigenvalue weighted by Crippen LogP contribution is 2.17. The zero-order chi connectivity index (χ0) is 13.3. The lowest BCUT2D eigenvalue weighted by Gasteiger charge is -2.08. The summed E-state index contributed by atoms with van der Waals surface area (Å²) in [6.45, 7) is 2.52. The summed E-state index contributed by atoms with van der Waals surface area (Å²) >= 11 is 3.43. The van der Waals surface area contributed by atoms with Crippen LogP contribution in [0.5, 0.6) is 5.75 Å². The van der Waals surface area contributed by atoms with E-state index in [-0.39, 0.29) is 0 Å². The highest BCUT2D eigenvalue weighted by molar-refractivity contribution is 9.10. The summed E-state index contributed by atoms with van der Waals surface area (Å²) in [5, 5.41) is 3.38. The van der Waals surface area contributed by atoms with Crippen molar-refractivity contribution in [3.8, 4) is 5.75 Å². The molecule has 0 aliphatic carbocycles. The van der Waals surface area contributed by atoms with E-state index in [0.29, 0.717) is 6.61 Å². The van der Waals surface area contributed by atoms with Gasteiger partial charge < -0.3 is 10.1 Å². The van der Waals surface area contributed by atoms with Crippen molar-refractivity contribution in [2.75, 3.05) is 19.7 Å². The quantitative estimate of drug-likeness (QED) is 0.786. The predicted octanol–water partition coefficient (Wildman–Crippen LogP) is 3.66. The lowest BCUT2D eigenvalue weighted by molar-refractivity contribution is 0.314. The zero-order valence-electron chi connectivity index (χ0n) is 10.8. The second kappa shape index (κ2) is 7.97. The average molecular weight is 320 g/mol. The van der Waals surface area contributed by atoms with Gasteiger partial charge in [0.05, 0.1) is 0 Å². The number of nitrogens with one attached hydrogen (secondary N) is 1. The molecule has 2 rings (SSSR count). The number of hydrogen-bond acceptors (Lipinski definition) is 2. The van der Waals surface area contributed by atoms with Crippen LogP contribution in [0.4, 0.5) is 0 Å². The van der Waals surface area contributed by atoms with E-state index in [2.05, 4.69) is 45.5 Å². The summed E-state index contributed by atoms with van der Waals surface area (Å²) in [5.41, 5.74) is 1.36. The highest BCUT2D eigenvalue weighted by atomic mass is 79.9. The van der Waals surface area contributed by atoms with E-state index in [0.717, 1.165) is 29.7 Å². The molecule has 19 heavy (non-hydrogen) atoms. The molecule has 0 atom stereocenters. The van der Waals surface area contributed by atoms with Gasteiger partial charge in [-0.1, -0.05) is 52.3 Å². The van der Waals surface area contributed by atoms with Crippen LogP contribution in [0.15, 0.2) is 59.1 Å². The standard InChI is InChI=1S/C16H18BrNO/c17-15-7-4-8-16(13-15)19-12-11-18-10-9-14-5-2-1-3-6-14/h1-8,13,18H,9-12H2. The summed E-state index contributed by atoms with van der Waals surface area (Å²) in [6, 6.07) is 18.4. The van der Waals surface area contributed by atoms with Crippen molar-refractivity contribution in [3.63, 3.8) is 0 Å². The van der Waals surface area contributed by atoms with Crippen LogP contribution in [-0.2, 0) is 6.42 Å². The largest absolute Gasteiger partial charge is 0.492 e. The fourth-order valence-corrected chi connectivity index (χ4v) is 2.18. The van der Waals surface area contributed by atoms with Crippen molar-refractivity contribution in [1.82, 2.24) is 5.32 Å². The van der Waals surface area contributed by atoms with Gasteiger partial charge >= 0.3 is 0 Å². The Hall–Kier alpha value is -1.32. The van der Waals surface area contributed by atoms with E-state index in [1.807, 2.05) is 30.3 Å². The van der Waals surface area contributed by atoms with Gasteiger partial charge in [0.1, 0.15) is 12.4 Å². The molecule has 0 bridgehead atoms. The molecule has 0 saturated heterocycles. The highest BCUT2D eigenvalue weighted by Gasteiger charge is 1.95. The summed E-state index contributed by atoms with van der Waals surface area (Å²) in [7, 11) is 0. The number of benzene rings is 2. The van der Waals surface area contributed by atoms with Crippen LogP contribution >= 0.6 is 15.9 Å². The topological polar surface area (TPSA) is 21.3 Å². The summed E-state index contributed by atoms with van der Waals surface area (Å²) in [6.07, 6.45) is 1.05. The van der Waals surface area contributed by atoms with Gasteiger partial charge in [-0.3, -0.25) is 0 Å². The number of rotatable bonds is 7. The van der Waals surface area contributed by atoms with E-state index in [9.17, 15) is 0 Å². The first-order valence-corrected chi connectivity index (χ1v) is 7.27. The van der Waals surface area contributed by atoms with Gasteiger partial charge in [0.15, 0.2) is 0 Å². The normalized spacial score (nSPS) is 10.4. The molecule has 2 aromatic rings. The predicted molar refractivity (Wildman–Crippen MR) is 82.7 cm³/mol. The first-order valence-electron chi connectivity index (χ1n) is 6.47. The maximum Gasteiger partial charge on any atom is 0.120 e. The minimum Gasteiger partial charge on any atom is -0.492 e. The van der Waals surface area contributed by atoms with Crippen LogP contribution in [0, 0.1) is 0 Å². The molecule has 0 heterocycles. The Morgan fingerprint density at radius 1 is 0.947 bits per heavy atom. The van der Waals surface area contributed by atoms with Crippen LogP contribution in [0.1, 0.15) is 5.56 Å². The molecule has 3 heteroatoms. The molecule has 0 fully saturated rings. The average Bonchev–Trinajstić information content (AvgIpc) is 2.44. The molecule has 0 saturated carbocycles. The van der Waals surface area contributed by atoms with E-state index < -0.39 is 0 Å². The van der Waals surface area contributed by atoms with Gasteiger partial charge in [0.25, 0.3) is 0 Å². The molecule has 0 spiro atoms. The molecule has 100 valence electrons. The molecule has 0 aliphatic heterocycles. The zero-order valence-corrected chi connectivity index (χ0v) is 12.4. The number of halogens is 1. The molecule has 0 amide bonds. The maximum absolute atomic E-state index is 5.65. The van der Waals surface area contributed by atoms with E-state index in [1.165, 1.54) is 5.56 Å². The van der Waals surface area contributed by atoms with Gasteiger partial charge in [-0.2, -0.15) is 0 Å². The van der Waals surface area contributed by atoms with Gasteiger partial charge in [-0.25, -0.2) is 0 Å². The maximum atomic E-state index is 5.65. The minimum atomic E-state index is 0.686. The molecule has 1 N–H and O–H groups in total. The number of hydrogen-bond donors (Lipinski definition) is 1. The summed E-state index contributed by atoms with van der Waals surface area (Å²) in [4.78, 5) is 0. The first kappa shape index (κ1) is 14.1. The van der Waals surface area contributed by atoms with Crippen molar-refractivity contribution in [2.24, 2.45) is 0 Å². The Morgan fingerprint density at radius 3 is 2.58 bits per heavy atom. The molecule has 0 aliphatic rings. The fraction of sp³-hybridized carbons (Fsp3) is 0.250. The second-order valence-electron chi connectivity index (χ2n) is 4.29. The first-order chi connectivity index (χ1) is 9.34. The van der Waals surface area contributed by atoms with E-state index >= 15 is 0 Å². The Balaban J connectivity index is 1.58. The molecular weight excluding hydrogens is 302 g/mol. The summed E-state index contributed by atoms with van der Waals surface area (Å²) in [5.74, 6) is 0.902. The van der Waals surface area contributed by atoms with Gasteiger partial charge in [0, 0.05) is 11.0 Å². The van der Waals surface area contributed by atoms with Gasteiger partial charge in [-0.15, -0.1) is 0 Å². The van der Waals surface area contributed by atoms with Gasteiger partial charge in [-0.05, 0) is 36.7 Å². The molecular formula is C16H18BrNO. The van der Waals surface area contributed by atoms with Crippen molar-refractivity contribution in [3.05, 3.63) is 64.6 Å². The molecule has 2 aromatic carbocycles. The van der Waals surface area contributed by atoms with Crippen molar-refractivity contribution in [1.29, 1.82) is 0 Å². The third kappa shape index (κ3) is 5.45. The third-order valence-electron chi connectivity index (χ3n) is 2.78. The SMILES string of the molecule is Brc1cccc(OCCNCCc2ccccc2)c1. The molecule has 0 unspecified atom stereocenters. The van der Waals surface area contributed by atoms with Crippen molar-refractivity contribution < 1.29 is 4.74 Å². The third-order valence-corrected chi connectivity index (χ3v) is 3.27. The van der Waals surface area contributed by atoms with Crippen LogP contribution in [0.3, 0.4) is 0 Å². The Bertz CT molecular complexity index is 487. The van der Waals surface area contributed by atoms with Crippen molar-refractivity contribution in [2.45, 2.75) is 6.42 Å². The Kier molecular flexibility index (Phi) is 5.92. The van der Waals surface area contributed by atoms with Crippen molar-refractivity contribution >= 4 is 15.9 Å². The smallest absolute Gasteiger partial charge is 0.120 e. The molecule has 0 aromatic heterocycles. The Morgan fingerprint density at radius 2 is 1.79 bits per heavy atom. The second-order valence-corrected chi connectivity index (χ2v) is 5.21. The summed E-state index contributed by atoms with van der Waals surface area (Å²) < 4.78 is 6.69. The van der Waals surface area contributed by atoms with Crippen LogP contribution in [-0.4, -0.2) is 19.7 Å². The fourth-order valence-electron chi connectivity index (χ4n) is 1.80. The lowest BCUT2D eigenvalue weighted by atomic mass is 10.1. The number of ether oxygens (including phenoxy) is 1.